The lowest BCUT2D eigenvalue weighted by Crippen LogP contribution is -2.54. The van der Waals surface area contributed by atoms with Gasteiger partial charge in [0.05, 0.1) is 31.0 Å². The predicted octanol–water partition coefficient (Wildman–Crippen LogP) is 15.1. The standard InChI is InChI=1S/C46H90BNO5PS2Si3/c1-32(29-34(3)41(56-54(47)50)35(4)30-38-31-55-37(6)48-38)25-24-26-33(2)40(53-59(22,23)45(13,14)15)36(5)42(49)46(16,17)39(52-58(20,21)44(10,11)12)27-28-51-57(18,19)43(7,8)9/h29-31,33-34,36,39-41,47,54H,24-28H2,1-23H3/b32-29-,35-30+/t33-,34-,36+,39-,40-,41?/m0/s1/i47T,54D. The highest BCUT2D eigenvalue weighted by molar-refractivity contribution is 8.58. The van der Waals surface area contributed by atoms with Crippen LogP contribution in [0.3, 0.4) is 0 Å². The van der Waals surface area contributed by atoms with Crippen LogP contribution in [0, 0.1) is 30.1 Å². The highest BCUT2D eigenvalue weighted by Crippen LogP contribution is 2.46. The van der Waals surface area contributed by atoms with Crippen molar-refractivity contribution >= 4 is 73.9 Å². The first-order valence-corrected chi connectivity index (χ1v) is 34.5. The van der Waals surface area contributed by atoms with Gasteiger partial charge in [-0.2, -0.15) is 0 Å². The summed E-state index contributed by atoms with van der Waals surface area (Å²) in [6, 6.07) is 0. The molecule has 0 N–H and O–H groups in total. The molecule has 1 aromatic rings. The normalized spacial score (nSPS) is 19.2. The molecule has 1 rings (SSSR count). The number of rotatable bonds is 24. The maximum Gasteiger partial charge on any atom is 0.192 e. The van der Waals surface area contributed by atoms with Gasteiger partial charge in [0.15, 0.2) is 32.5 Å². The molecule has 0 aromatic carbocycles. The van der Waals surface area contributed by atoms with E-state index >= 15 is 4.79 Å². The second kappa shape index (κ2) is 22.2. The Morgan fingerprint density at radius 3 is 1.93 bits per heavy atom. The van der Waals surface area contributed by atoms with Crippen molar-refractivity contribution in [2.75, 3.05) is 6.61 Å². The molecule has 7 atom stereocenters. The van der Waals surface area contributed by atoms with Gasteiger partial charge in [-0.05, 0) is 120 Å². The molecular formula is C46H90BNO5PS2Si3. The summed E-state index contributed by atoms with van der Waals surface area (Å²) in [5, 5.41) is 2.82. The average molecular weight is 930 g/mol. The van der Waals surface area contributed by atoms with Crippen LogP contribution in [0.2, 0.25) is 54.4 Å². The number of hydrogen-bond donors (Lipinski definition) is 0. The Labute approximate surface area is 380 Å². The van der Waals surface area contributed by atoms with Crippen LogP contribution < -0.4 is 0 Å². The molecule has 0 amide bonds. The van der Waals surface area contributed by atoms with Gasteiger partial charge in [-0.25, -0.2) is 4.98 Å². The summed E-state index contributed by atoms with van der Waals surface area (Å²) >= 11 is 2.66. The van der Waals surface area contributed by atoms with E-state index < -0.39 is 37.2 Å². The molecule has 2 unspecified atom stereocenters. The Bertz CT molecular complexity index is 1680. The molecule has 1 radical (unpaired) electrons. The van der Waals surface area contributed by atoms with Gasteiger partial charge in [0.2, 0.25) is 0 Å². The van der Waals surface area contributed by atoms with Crippen LogP contribution in [-0.4, -0.2) is 69.9 Å². The lowest BCUT2D eigenvalue weighted by atomic mass is 9.73. The molecule has 6 nitrogen and oxygen atoms in total. The molecule has 341 valence electrons. The highest BCUT2D eigenvalue weighted by atomic mass is 32.7. The number of aryl methyl sites for hydroxylation is 1. The zero-order chi connectivity index (χ0) is 48.0. The van der Waals surface area contributed by atoms with E-state index in [-0.39, 0.29) is 56.1 Å². The quantitative estimate of drug-likeness (QED) is 0.0581. The van der Waals surface area contributed by atoms with E-state index in [1.54, 1.807) is 11.3 Å². The first kappa shape index (κ1) is 53.3. The van der Waals surface area contributed by atoms with Gasteiger partial charge in [-0.15, -0.1) is 22.7 Å². The van der Waals surface area contributed by atoms with E-state index in [9.17, 15) is 4.57 Å². The Hall–Kier alpha value is -0.0444. The number of allylic oxidation sites excluding steroid dienone is 2. The number of ketones is 1. The lowest BCUT2D eigenvalue weighted by molar-refractivity contribution is -0.141. The van der Waals surface area contributed by atoms with Crippen molar-refractivity contribution in [2.24, 2.45) is 23.2 Å². The van der Waals surface area contributed by atoms with Crippen LogP contribution >= 0.6 is 29.5 Å². The fourth-order valence-electron chi connectivity index (χ4n) is 6.81. The Kier molecular flexibility index (Phi) is 20.1. The molecule has 1 aromatic heterocycles. The number of nitrogens with zero attached hydrogens (tertiary/aromatic N) is 1. The first-order valence-electron chi connectivity index (χ1n) is 23.1. The minimum Gasteiger partial charge on any atom is -0.417 e. The van der Waals surface area contributed by atoms with Crippen molar-refractivity contribution < 1.29 is 22.6 Å². The van der Waals surface area contributed by atoms with E-state index in [1.807, 2.05) is 25.3 Å². The summed E-state index contributed by atoms with van der Waals surface area (Å²) in [7, 11) is -5.74. The fraction of sp³-hybridized carbons (Fsp3) is 0.826. The minimum absolute atomic E-state index is 0.0105. The molecule has 0 saturated carbocycles. The molecule has 59 heavy (non-hydrogen) atoms. The highest BCUT2D eigenvalue weighted by Gasteiger charge is 2.49. The maximum atomic E-state index is 15.2. The number of hydrogen-bond acceptors (Lipinski definition) is 8. The Morgan fingerprint density at radius 1 is 0.932 bits per heavy atom. The average Bonchev–Trinajstić information content (AvgIpc) is 3.50. The van der Waals surface area contributed by atoms with Crippen LogP contribution in [0.25, 0.3) is 6.08 Å². The summed E-state index contributed by atoms with van der Waals surface area (Å²) in [5.74, 6) is -0.0283. The van der Waals surface area contributed by atoms with Gasteiger partial charge >= 0.3 is 0 Å². The molecule has 0 aliphatic carbocycles. The fourth-order valence-corrected chi connectivity index (χ4v) is 13.9. The smallest absolute Gasteiger partial charge is 0.192 e. The second-order valence-electron chi connectivity index (χ2n) is 22.7. The third kappa shape index (κ3) is 17.1. The van der Waals surface area contributed by atoms with Gasteiger partial charge in [-0.1, -0.05) is 114 Å². The summed E-state index contributed by atoms with van der Waals surface area (Å²) in [6.45, 7) is 47.9. The topological polar surface area (TPSA) is 74.7 Å². The van der Waals surface area contributed by atoms with Gasteiger partial charge in [0.25, 0.3) is 0 Å². The van der Waals surface area contributed by atoms with E-state index in [4.69, 9.17) is 15.9 Å². The molecular weight excluding hydrogens is 837 g/mol. The van der Waals surface area contributed by atoms with Crippen LogP contribution in [-0.2, 0) is 22.6 Å². The van der Waals surface area contributed by atoms with Crippen LogP contribution in [0.4, 0.5) is 0 Å². The van der Waals surface area contributed by atoms with Gasteiger partial charge in [0, 0.05) is 28.6 Å². The molecule has 0 fully saturated rings. The lowest BCUT2D eigenvalue weighted by Gasteiger charge is -2.47. The van der Waals surface area contributed by atoms with Gasteiger partial charge < -0.3 is 17.8 Å². The molecule has 0 spiro atoms. The van der Waals surface area contributed by atoms with E-state index in [0.717, 1.165) is 54.4 Å². The number of aromatic nitrogens is 1. The minimum atomic E-state index is -3.56. The monoisotopic (exact) mass is 930 g/mol. The molecule has 0 aliphatic rings. The van der Waals surface area contributed by atoms with Crippen LogP contribution in [0.1, 0.15) is 147 Å². The maximum absolute atomic E-state index is 15.2. The molecule has 1 heterocycles. The van der Waals surface area contributed by atoms with Crippen molar-refractivity contribution in [2.45, 2.75) is 215 Å². The number of carbonyl (C=O) groups is 1. The molecule has 0 bridgehead atoms. The summed E-state index contributed by atoms with van der Waals surface area (Å²) in [4.78, 5) is 19.8. The third-order valence-electron chi connectivity index (χ3n) is 14.0. The molecule has 0 saturated heterocycles. The first-order chi connectivity index (χ1) is 27.2. The molecule has 0 aliphatic heterocycles. The SMILES string of the molecule is [2H]P(=O)([B][3H])SC(/C(C)=C/c1csc(C)n1)[C@@H](C)/C=C(/C)CCC[C@H](C)[C@H](O[Si](C)(C)C(C)(C)C)[C@@H](C)C(=O)C(C)(C)[C@H](CCO[Si](C)(C)C(C)(C)C)O[Si](C)(C)C(C)(C)C. The van der Waals surface area contributed by atoms with Gasteiger partial charge in [0.1, 0.15) is 5.78 Å². The predicted molar refractivity (Wildman–Crippen MR) is 274 cm³/mol. The summed E-state index contributed by atoms with van der Waals surface area (Å²) in [5.41, 5.74) is 2.31. The third-order valence-corrected chi connectivity index (χ3v) is 30.8. The summed E-state index contributed by atoms with van der Waals surface area (Å²) in [6.07, 6.45) is 7.09. The molecule has 13 heteroatoms. The van der Waals surface area contributed by atoms with Crippen molar-refractivity contribution in [3.05, 3.63) is 33.3 Å². The Morgan fingerprint density at radius 2 is 1.46 bits per heavy atom. The zero-order valence-corrected chi connectivity index (χ0v) is 47.6. The van der Waals surface area contributed by atoms with E-state index in [0.29, 0.717) is 13.0 Å². The second-order valence-corrected chi connectivity index (χ2v) is 41.1. The van der Waals surface area contributed by atoms with E-state index in [2.05, 4.69) is 154 Å². The number of thiazole rings is 1. The largest absolute Gasteiger partial charge is 0.417 e. The van der Waals surface area contributed by atoms with Crippen LogP contribution in [0.5, 0.6) is 0 Å². The van der Waals surface area contributed by atoms with E-state index in [1.165, 1.54) is 5.57 Å². The van der Waals surface area contributed by atoms with Gasteiger partial charge in [-0.3, -0.25) is 4.79 Å². The van der Waals surface area contributed by atoms with Crippen molar-refractivity contribution in [1.82, 2.24) is 4.98 Å². The van der Waals surface area contributed by atoms with Crippen molar-refractivity contribution in [1.29, 1.82) is 2.61 Å². The van der Waals surface area contributed by atoms with Crippen LogP contribution in [0.15, 0.2) is 22.6 Å². The Balaban J connectivity index is 3.48. The number of carbonyl (C=O) groups excluding carboxylic acids is 1. The van der Waals surface area contributed by atoms with Crippen molar-refractivity contribution in [3.63, 3.8) is 0 Å². The number of Topliss-reactive ketones (excluding diaryl/α,β-unsaturated/α-hetero) is 1. The summed E-state index contributed by atoms with van der Waals surface area (Å²) < 4.78 is 50.1. The van der Waals surface area contributed by atoms with Crippen molar-refractivity contribution in [3.8, 4) is 0 Å². The zero-order valence-electron chi connectivity index (χ0n) is 44.1.